The summed E-state index contributed by atoms with van der Waals surface area (Å²) in [5, 5.41) is 8.02. The average Bonchev–Trinajstić information content (AvgIpc) is 3.14. The Morgan fingerprint density at radius 2 is 2.15 bits per heavy atom. The number of likely N-dealkylation sites (tertiary alicyclic amines) is 1. The Labute approximate surface area is 161 Å². The van der Waals surface area contributed by atoms with Crippen LogP contribution in [0.1, 0.15) is 49.2 Å². The highest BCUT2D eigenvalue weighted by Gasteiger charge is 2.26. The minimum atomic E-state index is 0.282. The molecular formula is C21H29N5O. The van der Waals surface area contributed by atoms with E-state index in [1.807, 2.05) is 18.3 Å². The van der Waals surface area contributed by atoms with Crippen molar-refractivity contribution in [1.82, 2.24) is 25.0 Å². The summed E-state index contributed by atoms with van der Waals surface area (Å²) in [5.74, 6) is 0.282. The molecule has 2 aromatic rings. The minimum Gasteiger partial charge on any atom is -0.340 e. The van der Waals surface area contributed by atoms with Gasteiger partial charge in [-0.05, 0) is 50.3 Å². The van der Waals surface area contributed by atoms with Gasteiger partial charge in [-0.15, -0.1) is 0 Å². The average molecular weight is 367 g/mol. The van der Waals surface area contributed by atoms with Gasteiger partial charge in [-0.3, -0.25) is 14.5 Å². The molecule has 0 unspecified atom stereocenters. The second kappa shape index (κ2) is 8.65. The topological polar surface area (TPSA) is 63.1 Å². The molecule has 0 radical (unpaired) electrons. The van der Waals surface area contributed by atoms with Crippen molar-refractivity contribution >= 4 is 5.91 Å². The summed E-state index contributed by atoms with van der Waals surface area (Å²) in [4.78, 5) is 19.5. The number of fused-ring (bicyclic) bond motifs is 1. The quantitative estimate of drug-likeness (QED) is 0.851. The fourth-order valence-electron chi connectivity index (χ4n) is 4.24. The molecule has 2 aliphatic heterocycles. The third kappa shape index (κ3) is 4.56. The van der Waals surface area contributed by atoms with Gasteiger partial charge in [-0.25, -0.2) is 0 Å². The molecule has 0 spiro atoms. The molecule has 2 aromatic heterocycles. The van der Waals surface area contributed by atoms with Gasteiger partial charge in [0.15, 0.2) is 0 Å². The van der Waals surface area contributed by atoms with E-state index in [1.54, 1.807) is 0 Å². The lowest BCUT2D eigenvalue weighted by Crippen LogP contribution is -2.44. The first-order valence-corrected chi connectivity index (χ1v) is 10.3. The molecule has 0 saturated carbocycles. The van der Waals surface area contributed by atoms with E-state index in [1.165, 1.54) is 12.1 Å². The Hall–Kier alpha value is -2.21. The Kier molecular flexibility index (Phi) is 5.82. The Morgan fingerprint density at radius 3 is 3.00 bits per heavy atom. The first kappa shape index (κ1) is 18.2. The molecule has 1 N–H and O–H groups in total. The SMILES string of the molecule is O=C(CCc1cc2n(n1)CCNC2)N1CCCC[C@@H]1CCc1ccccn1. The molecule has 0 bridgehead atoms. The highest BCUT2D eigenvalue weighted by molar-refractivity contribution is 5.76. The molecule has 0 aliphatic carbocycles. The summed E-state index contributed by atoms with van der Waals surface area (Å²) in [7, 11) is 0. The van der Waals surface area contributed by atoms with Crippen molar-refractivity contribution in [3.8, 4) is 0 Å². The van der Waals surface area contributed by atoms with Crippen molar-refractivity contribution in [2.75, 3.05) is 13.1 Å². The van der Waals surface area contributed by atoms with Crippen molar-refractivity contribution in [2.45, 2.75) is 64.1 Å². The van der Waals surface area contributed by atoms with Gasteiger partial charge in [0.1, 0.15) is 0 Å². The number of pyridine rings is 1. The van der Waals surface area contributed by atoms with Crippen molar-refractivity contribution in [2.24, 2.45) is 0 Å². The number of carbonyl (C=O) groups excluding carboxylic acids is 1. The van der Waals surface area contributed by atoms with Gasteiger partial charge in [0.2, 0.25) is 5.91 Å². The summed E-state index contributed by atoms with van der Waals surface area (Å²) < 4.78 is 2.08. The Balaban J connectivity index is 1.32. The number of rotatable bonds is 6. The monoisotopic (exact) mass is 367 g/mol. The van der Waals surface area contributed by atoms with Crippen LogP contribution in [0.4, 0.5) is 0 Å². The zero-order chi connectivity index (χ0) is 18.5. The largest absolute Gasteiger partial charge is 0.340 e. The number of hydrogen-bond donors (Lipinski definition) is 1. The van der Waals surface area contributed by atoms with Crippen molar-refractivity contribution in [3.05, 3.63) is 47.5 Å². The molecule has 1 saturated heterocycles. The third-order valence-corrected chi connectivity index (χ3v) is 5.72. The molecule has 0 aromatic carbocycles. The van der Waals surface area contributed by atoms with E-state index < -0.39 is 0 Å². The zero-order valence-electron chi connectivity index (χ0n) is 15.9. The van der Waals surface area contributed by atoms with Crippen LogP contribution in [-0.4, -0.2) is 44.7 Å². The molecule has 6 nitrogen and oxygen atoms in total. The van der Waals surface area contributed by atoms with E-state index in [0.717, 1.165) is 69.7 Å². The zero-order valence-corrected chi connectivity index (χ0v) is 15.9. The van der Waals surface area contributed by atoms with E-state index >= 15 is 0 Å². The number of hydrogen-bond acceptors (Lipinski definition) is 4. The maximum Gasteiger partial charge on any atom is 0.223 e. The van der Waals surface area contributed by atoms with Crippen LogP contribution >= 0.6 is 0 Å². The number of amides is 1. The predicted molar refractivity (Wildman–Crippen MR) is 104 cm³/mol. The van der Waals surface area contributed by atoms with Gasteiger partial charge in [0, 0.05) is 50.4 Å². The van der Waals surface area contributed by atoms with Crippen molar-refractivity contribution in [3.63, 3.8) is 0 Å². The molecule has 1 amide bonds. The summed E-state index contributed by atoms with van der Waals surface area (Å²) >= 11 is 0. The van der Waals surface area contributed by atoms with E-state index in [9.17, 15) is 4.79 Å². The van der Waals surface area contributed by atoms with Gasteiger partial charge < -0.3 is 10.2 Å². The predicted octanol–water partition coefficient (Wildman–Crippen LogP) is 2.33. The second-order valence-corrected chi connectivity index (χ2v) is 7.62. The van der Waals surface area contributed by atoms with Gasteiger partial charge in [-0.2, -0.15) is 5.10 Å². The van der Waals surface area contributed by atoms with Crippen LogP contribution in [0.2, 0.25) is 0 Å². The molecule has 144 valence electrons. The van der Waals surface area contributed by atoms with E-state index in [0.29, 0.717) is 12.5 Å². The third-order valence-electron chi connectivity index (χ3n) is 5.72. The molecule has 2 aliphatic rings. The van der Waals surface area contributed by atoms with Crippen LogP contribution in [0.25, 0.3) is 0 Å². The number of piperidine rings is 1. The van der Waals surface area contributed by atoms with Crippen LogP contribution in [0, 0.1) is 0 Å². The van der Waals surface area contributed by atoms with Crippen molar-refractivity contribution < 1.29 is 4.79 Å². The molecule has 4 heterocycles. The molecule has 1 atom stereocenters. The van der Waals surface area contributed by atoms with Gasteiger partial charge in [0.05, 0.1) is 17.9 Å². The lowest BCUT2D eigenvalue weighted by Gasteiger charge is -2.36. The Bertz CT molecular complexity index is 734. The lowest BCUT2D eigenvalue weighted by molar-refractivity contribution is -0.135. The number of nitrogens with one attached hydrogen (secondary N) is 1. The van der Waals surface area contributed by atoms with Crippen LogP contribution in [0.3, 0.4) is 0 Å². The smallest absolute Gasteiger partial charge is 0.223 e. The van der Waals surface area contributed by atoms with Crippen LogP contribution < -0.4 is 5.32 Å². The molecule has 1 fully saturated rings. The fourth-order valence-corrected chi connectivity index (χ4v) is 4.24. The number of aromatic nitrogens is 3. The highest BCUT2D eigenvalue weighted by Crippen LogP contribution is 2.22. The fraction of sp³-hybridized carbons (Fsp3) is 0.571. The van der Waals surface area contributed by atoms with Crippen LogP contribution in [-0.2, 0) is 30.7 Å². The minimum absolute atomic E-state index is 0.282. The van der Waals surface area contributed by atoms with Crippen LogP contribution in [0.5, 0.6) is 0 Å². The van der Waals surface area contributed by atoms with Gasteiger partial charge >= 0.3 is 0 Å². The number of carbonyl (C=O) groups is 1. The summed E-state index contributed by atoms with van der Waals surface area (Å²) in [6.45, 7) is 3.67. The summed E-state index contributed by atoms with van der Waals surface area (Å²) in [6.07, 6.45) is 8.55. The maximum absolute atomic E-state index is 12.9. The maximum atomic E-state index is 12.9. The van der Waals surface area contributed by atoms with E-state index in [4.69, 9.17) is 0 Å². The normalized spacial score (nSPS) is 19.7. The van der Waals surface area contributed by atoms with Gasteiger partial charge in [-0.1, -0.05) is 6.07 Å². The number of aryl methyl sites for hydroxylation is 2. The lowest BCUT2D eigenvalue weighted by atomic mass is 9.96. The van der Waals surface area contributed by atoms with E-state index in [-0.39, 0.29) is 5.91 Å². The van der Waals surface area contributed by atoms with E-state index in [2.05, 4.69) is 37.1 Å². The molecule has 6 heteroatoms. The highest BCUT2D eigenvalue weighted by atomic mass is 16.2. The van der Waals surface area contributed by atoms with Crippen molar-refractivity contribution in [1.29, 1.82) is 0 Å². The molecule has 4 rings (SSSR count). The standard InChI is InChI=1S/C21H29N5O/c27-21(10-8-18-15-20-16-22-12-14-26(20)24-18)25-13-4-2-6-19(25)9-7-17-5-1-3-11-23-17/h1,3,5,11,15,19,22H,2,4,6-10,12-14,16H2/t19-/m1/s1. The van der Waals surface area contributed by atoms with Gasteiger partial charge in [0.25, 0.3) is 0 Å². The summed E-state index contributed by atoms with van der Waals surface area (Å²) in [5.41, 5.74) is 3.40. The first-order chi connectivity index (χ1) is 13.3. The summed E-state index contributed by atoms with van der Waals surface area (Å²) in [6, 6.07) is 8.56. The Morgan fingerprint density at radius 1 is 1.19 bits per heavy atom. The molecule has 27 heavy (non-hydrogen) atoms. The number of nitrogens with zero attached hydrogens (tertiary/aromatic N) is 4. The second-order valence-electron chi connectivity index (χ2n) is 7.62. The van der Waals surface area contributed by atoms with Crippen LogP contribution in [0.15, 0.2) is 30.5 Å². The molecular weight excluding hydrogens is 338 g/mol. The first-order valence-electron chi connectivity index (χ1n) is 10.3.